The third-order valence-corrected chi connectivity index (χ3v) is 4.78. The van der Waals surface area contributed by atoms with Gasteiger partial charge in [-0.15, -0.1) is 12.4 Å². The fourth-order valence-electron chi connectivity index (χ4n) is 2.16. The average molecular weight is 327 g/mol. The van der Waals surface area contributed by atoms with Crippen molar-refractivity contribution in [3.63, 3.8) is 0 Å². The smallest absolute Gasteiger partial charge is 0.243 e. The summed E-state index contributed by atoms with van der Waals surface area (Å²) >= 11 is 0. The minimum absolute atomic E-state index is 0. The molecule has 0 saturated carbocycles. The molecule has 1 saturated heterocycles. The fourth-order valence-corrected chi connectivity index (χ4v) is 3.60. The highest BCUT2D eigenvalue weighted by Gasteiger charge is 2.28. The Kier molecular flexibility index (Phi) is 5.88. The highest BCUT2D eigenvalue weighted by molar-refractivity contribution is 7.89. The summed E-state index contributed by atoms with van der Waals surface area (Å²) in [6.45, 7) is 2.68. The molecule has 2 N–H and O–H groups in total. The van der Waals surface area contributed by atoms with Gasteiger partial charge in [0.05, 0.1) is 0 Å². The number of piperidine rings is 1. The Hall–Kier alpha value is -0.760. The quantitative estimate of drug-likeness (QED) is 0.890. The minimum atomic E-state index is -4.05. The molecule has 114 valence electrons. The van der Waals surface area contributed by atoms with Crippen LogP contribution in [-0.2, 0) is 10.0 Å². The molecule has 20 heavy (non-hydrogen) atoms. The first kappa shape index (κ1) is 17.3. The summed E-state index contributed by atoms with van der Waals surface area (Å²) in [5, 5.41) is 3.14. The summed E-state index contributed by atoms with van der Waals surface area (Å²) in [5.41, 5.74) is 0. The predicted molar refractivity (Wildman–Crippen MR) is 74.4 cm³/mol. The molecule has 2 unspecified atom stereocenters. The number of sulfonamides is 1. The van der Waals surface area contributed by atoms with Crippen molar-refractivity contribution in [1.82, 2.24) is 10.0 Å². The maximum atomic E-state index is 13.5. The van der Waals surface area contributed by atoms with Crippen LogP contribution in [0, 0.1) is 11.6 Å². The Morgan fingerprint density at radius 3 is 2.70 bits per heavy atom. The number of halogens is 3. The molecule has 0 spiro atoms. The van der Waals surface area contributed by atoms with Crippen molar-refractivity contribution in [2.24, 2.45) is 0 Å². The van der Waals surface area contributed by atoms with Crippen molar-refractivity contribution >= 4 is 22.4 Å². The summed E-state index contributed by atoms with van der Waals surface area (Å²) in [6.07, 6.45) is 1.51. The lowest BCUT2D eigenvalue weighted by molar-refractivity contribution is 0.348. The van der Waals surface area contributed by atoms with Gasteiger partial charge in [-0.2, -0.15) is 0 Å². The van der Waals surface area contributed by atoms with E-state index in [0.717, 1.165) is 25.1 Å². The lowest BCUT2D eigenvalue weighted by atomic mass is 10.0. The van der Waals surface area contributed by atoms with Crippen molar-refractivity contribution in [3.05, 3.63) is 29.8 Å². The van der Waals surface area contributed by atoms with E-state index in [9.17, 15) is 17.2 Å². The molecule has 0 amide bonds. The van der Waals surface area contributed by atoms with E-state index in [4.69, 9.17) is 0 Å². The zero-order chi connectivity index (χ0) is 14.0. The van der Waals surface area contributed by atoms with E-state index in [1.165, 1.54) is 6.07 Å². The van der Waals surface area contributed by atoms with Gasteiger partial charge in [0.1, 0.15) is 4.90 Å². The zero-order valence-electron chi connectivity index (χ0n) is 10.9. The average Bonchev–Trinajstić information content (AvgIpc) is 2.35. The normalized spacial score (nSPS) is 23.1. The molecule has 0 aromatic heterocycles. The molecule has 0 radical (unpaired) electrons. The lowest BCUT2D eigenvalue weighted by Gasteiger charge is -2.30. The van der Waals surface area contributed by atoms with Crippen LogP contribution in [-0.4, -0.2) is 27.0 Å². The van der Waals surface area contributed by atoms with Gasteiger partial charge < -0.3 is 5.32 Å². The van der Waals surface area contributed by atoms with E-state index in [1.807, 2.05) is 6.92 Å². The van der Waals surface area contributed by atoms with Crippen LogP contribution in [0.1, 0.15) is 19.8 Å². The van der Waals surface area contributed by atoms with E-state index >= 15 is 0 Å². The third kappa shape index (κ3) is 3.66. The molecular formula is C12H17ClF2N2O2S. The second kappa shape index (κ2) is 6.80. The van der Waals surface area contributed by atoms with Crippen LogP contribution >= 0.6 is 12.4 Å². The molecule has 1 aliphatic heterocycles. The topological polar surface area (TPSA) is 58.2 Å². The van der Waals surface area contributed by atoms with E-state index < -0.39 is 26.6 Å². The number of rotatable bonds is 3. The van der Waals surface area contributed by atoms with Gasteiger partial charge in [0, 0.05) is 12.1 Å². The molecule has 1 aliphatic rings. The molecule has 1 heterocycles. The molecule has 2 rings (SSSR count). The van der Waals surface area contributed by atoms with E-state index in [-0.39, 0.29) is 24.5 Å². The van der Waals surface area contributed by atoms with Crippen LogP contribution in [0.25, 0.3) is 0 Å². The molecule has 1 fully saturated rings. The van der Waals surface area contributed by atoms with Gasteiger partial charge in [-0.3, -0.25) is 0 Å². The Labute approximate surface area is 123 Å². The van der Waals surface area contributed by atoms with Gasteiger partial charge in [-0.05, 0) is 38.4 Å². The van der Waals surface area contributed by atoms with Gasteiger partial charge in [-0.1, -0.05) is 6.07 Å². The van der Waals surface area contributed by atoms with E-state index in [0.29, 0.717) is 6.42 Å². The summed E-state index contributed by atoms with van der Waals surface area (Å²) in [5.74, 6) is -2.51. The van der Waals surface area contributed by atoms with Gasteiger partial charge in [0.15, 0.2) is 11.6 Å². The molecule has 1 aromatic rings. The van der Waals surface area contributed by atoms with Crippen LogP contribution in [0.4, 0.5) is 8.78 Å². The highest BCUT2D eigenvalue weighted by Crippen LogP contribution is 2.19. The van der Waals surface area contributed by atoms with Crippen molar-refractivity contribution in [3.8, 4) is 0 Å². The molecule has 2 atom stereocenters. The van der Waals surface area contributed by atoms with Crippen molar-refractivity contribution in [1.29, 1.82) is 0 Å². The predicted octanol–water partition coefficient (Wildman–Crippen LogP) is 1.81. The first-order valence-corrected chi connectivity index (χ1v) is 7.60. The van der Waals surface area contributed by atoms with Crippen LogP contribution in [0.2, 0.25) is 0 Å². The van der Waals surface area contributed by atoms with Crippen LogP contribution in [0.15, 0.2) is 23.1 Å². The molecule has 4 nitrogen and oxygen atoms in total. The molecule has 0 aliphatic carbocycles. The summed E-state index contributed by atoms with van der Waals surface area (Å²) < 4.78 is 53.2. The summed E-state index contributed by atoms with van der Waals surface area (Å²) in [4.78, 5) is -0.648. The van der Waals surface area contributed by atoms with Crippen LogP contribution in [0.5, 0.6) is 0 Å². The first-order valence-electron chi connectivity index (χ1n) is 6.11. The number of hydrogen-bond acceptors (Lipinski definition) is 3. The number of benzene rings is 1. The highest BCUT2D eigenvalue weighted by atomic mass is 35.5. The second-order valence-corrected chi connectivity index (χ2v) is 6.35. The summed E-state index contributed by atoms with van der Waals surface area (Å²) in [7, 11) is -4.05. The SMILES string of the molecule is CC1NCCCC1NS(=O)(=O)c1cccc(F)c1F.Cl. The van der Waals surface area contributed by atoms with Crippen molar-refractivity contribution in [2.75, 3.05) is 6.54 Å². The van der Waals surface area contributed by atoms with Crippen molar-refractivity contribution < 1.29 is 17.2 Å². The Balaban J connectivity index is 0.00000200. The summed E-state index contributed by atoms with van der Waals surface area (Å²) in [6, 6.07) is 2.76. The molecule has 1 aromatic carbocycles. The zero-order valence-corrected chi connectivity index (χ0v) is 12.5. The maximum absolute atomic E-state index is 13.5. The van der Waals surface area contributed by atoms with Crippen LogP contribution in [0.3, 0.4) is 0 Å². The van der Waals surface area contributed by atoms with E-state index in [1.54, 1.807) is 0 Å². The third-order valence-electron chi connectivity index (χ3n) is 3.27. The molecular weight excluding hydrogens is 310 g/mol. The largest absolute Gasteiger partial charge is 0.313 e. The monoisotopic (exact) mass is 326 g/mol. The Morgan fingerprint density at radius 1 is 1.35 bits per heavy atom. The van der Waals surface area contributed by atoms with Crippen molar-refractivity contribution in [2.45, 2.75) is 36.7 Å². The Bertz CT molecular complexity index is 569. The standard InChI is InChI=1S/C12H16F2N2O2S.ClH/c1-8-10(5-3-7-15-8)16-19(17,18)11-6-2-4-9(13)12(11)14;/h2,4,6,8,10,15-16H,3,5,7H2,1H3;1H. The lowest BCUT2D eigenvalue weighted by Crippen LogP contribution is -2.51. The molecule has 0 bridgehead atoms. The minimum Gasteiger partial charge on any atom is -0.313 e. The van der Waals surface area contributed by atoms with Gasteiger partial charge in [-0.25, -0.2) is 21.9 Å². The van der Waals surface area contributed by atoms with Gasteiger partial charge in [0.25, 0.3) is 0 Å². The Morgan fingerprint density at radius 2 is 2.05 bits per heavy atom. The molecule has 8 heteroatoms. The fraction of sp³-hybridized carbons (Fsp3) is 0.500. The first-order chi connectivity index (χ1) is 8.92. The second-order valence-electron chi connectivity index (χ2n) is 4.66. The van der Waals surface area contributed by atoms with Crippen LogP contribution < -0.4 is 10.0 Å². The number of nitrogens with one attached hydrogen (secondary N) is 2. The van der Waals surface area contributed by atoms with Gasteiger partial charge >= 0.3 is 0 Å². The maximum Gasteiger partial charge on any atom is 0.243 e. The van der Waals surface area contributed by atoms with E-state index in [2.05, 4.69) is 10.0 Å². The van der Waals surface area contributed by atoms with Gasteiger partial charge in [0.2, 0.25) is 10.0 Å². The number of hydrogen-bond donors (Lipinski definition) is 2.